The van der Waals surface area contributed by atoms with Crippen LogP contribution in [-0.2, 0) is 6.54 Å². The molecule has 9 heteroatoms. The van der Waals surface area contributed by atoms with Crippen molar-refractivity contribution in [1.29, 1.82) is 0 Å². The van der Waals surface area contributed by atoms with Gasteiger partial charge in [0.2, 0.25) is 5.82 Å². The Kier molecular flexibility index (Phi) is 6.29. The van der Waals surface area contributed by atoms with Gasteiger partial charge >= 0.3 is 0 Å². The highest BCUT2D eigenvalue weighted by atomic mass is 16.5. The molecule has 0 aliphatic rings. The molecule has 0 aliphatic heterocycles. The summed E-state index contributed by atoms with van der Waals surface area (Å²) in [6, 6.07) is 20.8. The number of aromatic nitrogens is 5. The molecule has 9 nitrogen and oxygen atoms in total. The normalized spacial score (nSPS) is 10.8. The molecular formula is C26H22N6O3. The smallest absolute Gasteiger partial charge is 0.271 e. The second kappa shape index (κ2) is 10.0. The number of carbonyl (C=O) groups is 1. The Morgan fingerprint density at radius 2 is 1.86 bits per heavy atom. The van der Waals surface area contributed by atoms with Gasteiger partial charge in [0.25, 0.3) is 11.8 Å². The molecule has 0 unspecified atom stereocenters. The highest BCUT2D eigenvalue weighted by molar-refractivity contribution is 5.92. The number of carbonyl (C=O) groups excluding carboxylic acids is 1. The van der Waals surface area contributed by atoms with E-state index < -0.39 is 0 Å². The highest BCUT2D eigenvalue weighted by Gasteiger charge is 2.18. The predicted molar refractivity (Wildman–Crippen MR) is 129 cm³/mol. The molecule has 0 aliphatic carbocycles. The molecule has 0 saturated heterocycles. The minimum absolute atomic E-state index is 0.267. The second-order valence-corrected chi connectivity index (χ2v) is 7.59. The number of rotatable bonds is 8. The van der Waals surface area contributed by atoms with Crippen molar-refractivity contribution in [2.45, 2.75) is 13.5 Å². The summed E-state index contributed by atoms with van der Waals surface area (Å²) in [5.74, 6) is 1.83. The lowest BCUT2D eigenvalue weighted by Crippen LogP contribution is -2.23. The number of hydrogen-bond donors (Lipinski definition) is 1. The number of imidazole rings is 1. The Morgan fingerprint density at radius 1 is 1.03 bits per heavy atom. The van der Waals surface area contributed by atoms with Gasteiger partial charge in [0, 0.05) is 24.5 Å². The summed E-state index contributed by atoms with van der Waals surface area (Å²) in [5, 5.41) is 6.97. The number of nitrogens with zero attached hydrogens (tertiary/aromatic N) is 5. The van der Waals surface area contributed by atoms with Crippen molar-refractivity contribution in [3.63, 3.8) is 0 Å². The van der Waals surface area contributed by atoms with Gasteiger partial charge in [-0.05, 0) is 36.8 Å². The zero-order valence-electron chi connectivity index (χ0n) is 19.0. The molecular weight excluding hydrogens is 444 g/mol. The van der Waals surface area contributed by atoms with Crippen LogP contribution >= 0.6 is 0 Å². The van der Waals surface area contributed by atoms with Gasteiger partial charge in [0.05, 0.1) is 12.2 Å². The van der Waals surface area contributed by atoms with Gasteiger partial charge in [-0.2, -0.15) is 4.98 Å². The zero-order chi connectivity index (χ0) is 24.0. The first-order chi connectivity index (χ1) is 17.2. The summed E-state index contributed by atoms with van der Waals surface area (Å²) in [6.45, 7) is 2.92. The molecule has 1 amide bonds. The first-order valence-corrected chi connectivity index (χ1v) is 11.1. The van der Waals surface area contributed by atoms with Gasteiger partial charge < -0.3 is 14.6 Å². The van der Waals surface area contributed by atoms with E-state index in [1.807, 2.05) is 67.6 Å². The van der Waals surface area contributed by atoms with Gasteiger partial charge in [-0.15, -0.1) is 0 Å². The Hall–Kier alpha value is -4.79. The number of pyridine rings is 1. The number of ether oxygens (including phenoxy) is 1. The molecule has 0 fully saturated rings. The van der Waals surface area contributed by atoms with Crippen molar-refractivity contribution in [2.75, 3.05) is 6.61 Å². The van der Waals surface area contributed by atoms with Crippen LogP contribution < -0.4 is 10.1 Å². The summed E-state index contributed by atoms with van der Waals surface area (Å²) in [6.07, 6.45) is 4.80. The SMILES string of the molecule is CCOc1ccc(CNC(=O)c2cn(-c3ncccc3-c3nc(-c4ccccc4)no3)cn2)cc1. The monoisotopic (exact) mass is 466 g/mol. The molecule has 1 N–H and O–H groups in total. The largest absolute Gasteiger partial charge is 0.494 e. The topological polar surface area (TPSA) is 108 Å². The van der Waals surface area contributed by atoms with Crippen molar-refractivity contribution < 1.29 is 14.1 Å². The van der Waals surface area contributed by atoms with E-state index in [4.69, 9.17) is 9.26 Å². The van der Waals surface area contributed by atoms with Crippen molar-refractivity contribution >= 4 is 5.91 Å². The number of amides is 1. The number of hydrogen-bond acceptors (Lipinski definition) is 7. The lowest BCUT2D eigenvalue weighted by Gasteiger charge is -2.06. The van der Waals surface area contributed by atoms with E-state index in [1.54, 1.807) is 23.0 Å². The average molecular weight is 467 g/mol. The molecule has 2 aromatic carbocycles. The third kappa shape index (κ3) is 4.93. The lowest BCUT2D eigenvalue weighted by atomic mass is 10.2. The van der Waals surface area contributed by atoms with E-state index in [-0.39, 0.29) is 11.6 Å². The summed E-state index contributed by atoms with van der Waals surface area (Å²) < 4.78 is 12.6. The summed E-state index contributed by atoms with van der Waals surface area (Å²) >= 11 is 0. The van der Waals surface area contributed by atoms with Crippen molar-refractivity contribution in [3.05, 3.63) is 96.7 Å². The Bertz CT molecular complexity index is 1430. The van der Waals surface area contributed by atoms with Crippen LogP contribution in [-0.4, -0.2) is 37.2 Å². The fourth-order valence-electron chi connectivity index (χ4n) is 3.51. The Labute approximate surface area is 201 Å². The molecule has 174 valence electrons. The summed E-state index contributed by atoms with van der Waals surface area (Å²) in [5.41, 5.74) is 2.70. The third-order valence-electron chi connectivity index (χ3n) is 5.22. The average Bonchev–Trinajstić information content (AvgIpc) is 3.60. The summed E-state index contributed by atoms with van der Waals surface area (Å²) in [4.78, 5) is 25.9. The summed E-state index contributed by atoms with van der Waals surface area (Å²) in [7, 11) is 0. The van der Waals surface area contributed by atoms with Crippen molar-refractivity contribution in [1.82, 2.24) is 30.0 Å². The zero-order valence-corrected chi connectivity index (χ0v) is 19.0. The van der Waals surface area contributed by atoms with E-state index in [0.717, 1.165) is 16.9 Å². The predicted octanol–water partition coefficient (Wildman–Crippen LogP) is 4.31. The lowest BCUT2D eigenvalue weighted by molar-refractivity contribution is 0.0946. The molecule has 35 heavy (non-hydrogen) atoms. The standard InChI is InChI=1S/C26H22N6O3/c1-2-34-20-12-10-18(11-13-20)15-28-25(33)22-16-32(17-29-22)24-21(9-6-14-27-24)26-30-23(31-35-26)19-7-4-3-5-8-19/h3-14,16-17H,2,15H2,1H3,(H,28,33). The minimum atomic E-state index is -0.292. The first kappa shape index (κ1) is 22.0. The van der Waals surface area contributed by atoms with Crippen LogP contribution in [0.3, 0.4) is 0 Å². The van der Waals surface area contributed by atoms with Crippen LogP contribution in [0.2, 0.25) is 0 Å². The van der Waals surface area contributed by atoms with Gasteiger partial charge in [0.15, 0.2) is 5.82 Å². The molecule has 0 radical (unpaired) electrons. The van der Waals surface area contributed by atoms with Crippen LogP contribution in [0.25, 0.3) is 28.7 Å². The molecule has 5 rings (SSSR count). The number of benzene rings is 2. The molecule has 0 atom stereocenters. The fraction of sp³-hybridized carbons (Fsp3) is 0.115. The van der Waals surface area contributed by atoms with E-state index in [1.165, 1.54) is 6.33 Å². The second-order valence-electron chi connectivity index (χ2n) is 7.59. The van der Waals surface area contributed by atoms with E-state index >= 15 is 0 Å². The molecule has 0 saturated carbocycles. The van der Waals surface area contributed by atoms with E-state index in [2.05, 4.69) is 25.4 Å². The molecule has 3 heterocycles. The Balaban J connectivity index is 1.32. The van der Waals surface area contributed by atoms with E-state index in [0.29, 0.717) is 36.2 Å². The molecule has 0 bridgehead atoms. The maximum atomic E-state index is 12.7. The van der Waals surface area contributed by atoms with Crippen LogP contribution in [0, 0.1) is 0 Å². The third-order valence-corrected chi connectivity index (χ3v) is 5.22. The van der Waals surface area contributed by atoms with Gasteiger partial charge in [0.1, 0.15) is 17.8 Å². The highest BCUT2D eigenvalue weighted by Crippen LogP contribution is 2.26. The van der Waals surface area contributed by atoms with Crippen molar-refractivity contribution in [3.8, 4) is 34.4 Å². The van der Waals surface area contributed by atoms with Gasteiger partial charge in [-0.25, -0.2) is 9.97 Å². The molecule has 3 aromatic heterocycles. The van der Waals surface area contributed by atoms with Crippen molar-refractivity contribution in [2.24, 2.45) is 0 Å². The van der Waals surface area contributed by atoms with Crippen LogP contribution in [0.1, 0.15) is 23.0 Å². The quantitative estimate of drug-likeness (QED) is 0.363. The van der Waals surface area contributed by atoms with Gasteiger partial charge in [-0.3, -0.25) is 9.36 Å². The first-order valence-electron chi connectivity index (χ1n) is 11.1. The van der Waals surface area contributed by atoms with Crippen LogP contribution in [0.4, 0.5) is 0 Å². The molecule has 0 spiro atoms. The van der Waals surface area contributed by atoms with Gasteiger partial charge in [-0.1, -0.05) is 47.6 Å². The van der Waals surface area contributed by atoms with Crippen LogP contribution in [0.15, 0.2) is 90.0 Å². The fourth-order valence-corrected chi connectivity index (χ4v) is 3.51. The maximum absolute atomic E-state index is 12.7. The molecule has 5 aromatic rings. The Morgan fingerprint density at radius 3 is 2.66 bits per heavy atom. The minimum Gasteiger partial charge on any atom is -0.494 e. The number of nitrogens with one attached hydrogen (secondary N) is 1. The van der Waals surface area contributed by atoms with E-state index in [9.17, 15) is 4.79 Å². The maximum Gasteiger partial charge on any atom is 0.271 e. The van der Waals surface area contributed by atoms with Crippen LogP contribution in [0.5, 0.6) is 5.75 Å².